The minimum absolute atomic E-state index is 1.12. The molecule has 0 aliphatic rings. The molecule has 1 aromatic heterocycles. The van der Waals surface area contributed by atoms with Crippen LogP contribution in [0.15, 0.2) is 170 Å². The van der Waals surface area contributed by atoms with E-state index >= 15 is 0 Å². The van der Waals surface area contributed by atoms with Gasteiger partial charge in [-0.05, 0) is 76.5 Å². The van der Waals surface area contributed by atoms with Crippen molar-refractivity contribution in [2.45, 2.75) is 0 Å². The molecule has 0 unspecified atom stereocenters. The Labute approximate surface area is 245 Å². The fraction of sp³-hybridized carbons (Fsp3) is 0. The van der Waals surface area contributed by atoms with Crippen LogP contribution in [-0.2, 0) is 0 Å². The first-order valence-electron chi connectivity index (χ1n) is 14.4. The molecule has 0 bridgehead atoms. The lowest BCUT2D eigenvalue weighted by Crippen LogP contribution is -2.09. The maximum atomic E-state index is 2.43. The summed E-state index contributed by atoms with van der Waals surface area (Å²) in [4.78, 5) is 2.33. The van der Waals surface area contributed by atoms with Crippen molar-refractivity contribution in [3.63, 3.8) is 0 Å². The van der Waals surface area contributed by atoms with Crippen molar-refractivity contribution < 1.29 is 0 Å². The van der Waals surface area contributed by atoms with Crippen molar-refractivity contribution >= 4 is 49.6 Å². The zero-order chi connectivity index (χ0) is 27.9. The molecule has 8 aromatic rings. The van der Waals surface area contributed by atoms with E-state index < -0.39 is 0 Å². The van der Waals surface area contributed by atoms with Crippen LogP contribution in [0.4, 0.5) is 17.1 Å². The lowest BCUT2D eigenvalue weighted by Gasteiger charge is -2.25. The largest absolute Gasteiger partial charge is 0.310 e. The SMILES string of the molecule is c1ccc(-c2ccc3c4ccc(N(c5ccccc5)c5ccccc5)cc4n(-c4ccc5ccccc5c4)c3c2)cc1. The molecule has 0 amide bonds. The van der Waals surface area contributed by atoms with Crippen molar-refractivity contribution in [3.8, 4) is 16.8 Å². The summed E-state index contributed by atoms with van der Waals surface area (Å²) >= 11 is 0. The minimum Gasteiger partial charge on any atom is -0.310 e. The summed E-state index contributed by atoms with van der Waals surface area (Å²) in [6, 6.07) is 60.9. The second-order valence-corrected chi connectivity index (χ2v) is 10.7. The molecule has 0 aliphatic heterocycles. The monoisotopic (exact) mass is 536 g/mol. The van der Waals surface area contributed by atoms with Crippen molar-refractivity contribution in [1.29, 1.82) is 0 Å². The van der Waals surface area contributed by atoms with Gasteiger partial charge < -0.3 is 9.47 Å². The van der Waals surface area contributed by atoms with Gasteiger partial charge in [0.2, 0.25) is 0 Å². The molecule has 0 fully saturated rings. The van der Waals surface area contributed by atoms with Crippen LogP contribution in [0.5, 0.6) is 0 Å². The van der Waals surface area contributed by atoms with E-state index in [2.05, 4.69) is 179 Å². The maximum absolute atomic E-state index is 2.43. The van der Waals surface area contributed by atoms with E-state index in [1.165, 1.54) is 43.7 Å². The predicted molar refractivity (Wildman–Crippen MR) is 178 cm³/mol. The van der Waals surface area contributed by atoms with Crippen LogP contribution in [0.2, 0.25) is 0 Å². The molecule has 2 nitrogen and oxygen atoms in total. The van der Waals surface area contributed by atoms with Gasteiger partial charge in [-0.2, -0.15) is 0 Å². The molecule has 198 valence electrons. The Kier molecular flexibility index (Phi) is 5.82. The van der Waals surface area contributed by atoms with Gasteiger partial charge in [-0.25, -0.2) is 0 Å². The number of rotatable bonds is 5. The third-order valence-corrected chi connectivity index (χ3v) is 8.14. The molecular formula is C40H28N2. The average molecular weight is 537 g/mol. The molecular weight excluding hydrogens is 508 g/mol. The Bertz CT molecular complexity index is 2140. The summed E-state index contributed by atoms with van der Waals surface area (Å²) in [5.41, 5.74) is 9.34. The molecule has 1 heterocycles. The van der Waals surface area contributed by atoms with Crippen LogP contribution < -0.4 is 4.90 Å². The highest BCUT2D eigenvalue weighted by molar-refractivity contribution is 6.11. The van der Waals surface area contributed by atoms with Crippen molar-refractivity contribution in [3.05, 3.63) is 170 Å². The number of hydrogen-bond acceptors (Lipinski definition) is 1. The Balaban J connectivity index is 1.42. The van der Waals surface area contributed by atoms with Crippen LogP contribution in [0.3, 0.4) is 0 Å². The standard InChI is InChI=1S/C40H28N2/c1-4-12-29(13-5-1)32-21-24-37-38-25-23-36(41(33-16-6-2-7-17-33)34-18-8-3-9-19-34)28-40(38)42(39(37)27-32)35-22-20-30-14-10-11-15-31(30)26-35/h1-28H. The lowest BCUT2D eigenvalue weighted by atomic mass is 10.0. The summed E-state index contributed by atoms with van der Waals surface area (Å²) in [7, 11) is 0. The zero-order valence-electron chi connectivity index (χ0n) is 23.1. The van der Waals surface area contributed by atoms with Gasteiger partial charge in [0, 0.05) is 33.5 Å². The first-order valence-corrected chi connectivity index (χ1v) is 14.4. The maximum Gasteiger partial charge on any atom is 0.0561 e. The normalized spacial score (nSPS) is 11.3. The van der Waals surface area contributed by atoms with Crippen molar-refractivity contribution in [2.75, 3.05) is 4.90 Å². The topological polar surface area (TPSA) is 8.17 Å². The smallest absolute Gasteiger partial charge is 0.0561 e. The average Bonchev–Trinajstić information content (AvgIpc) is 3.39. The lowest BCUT2D eigenvalue weighted by molar-refractivity contribution is 1.18. The van der Waals surface area contributed by atoms with Crippen LogP contribution >= 0.6 is 0 Å². The van der Waals surface area contributed by atoms with E-state index in [1.54, 1.807) is 0 Å². The zero-order valence-corrected chi connectivity index (χ0v) is 23.1. The van der Waals surface area contributed by atoms with Crippen molar-refractivity contribution in [1.82, 2.24) is 4.57 Å². The Hall–Kier alpha value is -5.60. The van der Waals surface area contributed by atoms with Crippen LogP contribution in [0.1, 0.15) is 0 Å². The third-order valence-electron chi connectivity index (χ3n) is 8.14. The molecule has 0 atom stereocenters. The molecule has 2 heteroatoms. The first kappa shape index (κ1) is 24.2. The summed E-state index contributed by atoms with van der Waals surface area (Å²) in [6.07, 6.45) is 0. The summed E-state index contributed by atoms with van der Waals surface area (Å²) in [6.45, 7) is 0. The Morgan fingerprint density at radius 2 is 0.929 bits per heavy atom. The van der Waals surface area contributed by atoms with Gasteiger partial charge in [-0.3, -0.25) is 0 Å². The fourth-order valence-electron chi connectivity index (χ4n) is 6.15. The molecule has 0 spiro atoms. The second-order valence-electron chi connectivity index (χ2n) is 10.7. The van der Waals surface area contributed by atoms with Gasteiger partial charge >= 0.3 is 0 Å². The quantitative estimate of drug-likeness (QED) is 0.212. The molecule has 42 heavy (non-hydrogen) atoms. The Morgan fingerprint density at radius 3 is 1.62 bits per heavy atom. The number of fused-ring (bicyclic) bond motifs is 4. The molecule has 0 saturated heterocycles. The van der Waals surface area contributed by atoms with E-state index in [0.717, 1.165) is 22.7 Å². The number of para-hydroxylation sites is 2. The summed E-state index contributed by atoms with van der Waals surface area (Å²) in [5, 5.41) is 4.96. The van der Waals surface area contributed by atoms with E-state index in [4.69, 9.17) is 0 Å². The van der Waals surface area contributed by atoms with Crippen LogP contribution in [0.25, 0.3) is 49.4 Å². The summed E-state index contributed by atoms with van der Waals surface area (Å²) in [5.74, 6) is 0. The number of anilines is 3. The second kappa shape index (κ2) is 10.1. The predicted octanol–water partition coefficient (Wildman–Crippen LogP) is 11.1. The van der Waals surface area contributed by atoms with Gasteiger partial charge in [0.1, 0.15) is 0 Å². The van der Waals surface area contributed by atoms with Gasteiger partial charge in [0.25, 0.3) is 0 Å². The van der Waals surface area contributed by atoms with Crippen molar-refractivity contribution in [2.24, 2.45) is 0 Å². The van der Waals surface area contributed by atoms with E-state index in [9.17, 15) is 0 Å². The van der Waals surface area contributed by atoms with Gasteiger partial charge in [0.15, 0.2) is 0 Å². The molecule has 8 rings (SSSR count). The molecule has 7 aromatic carbocycles. The van der Waals surface area contributed by atoms with E-state index in [0.29, 0.717) is 0 Å². The number of aromatic nitrogens is 1. The highest BCUT2D eigenvalue weighted by Crippen LogP contribution is 2.40. The molecule has 0 radical (unpaired) electrons. The third kappa shape index (κ3) is 4.13. The van der Waals surface area contributed by atoms with E-state index in [1.807, 2.05) is 0 Å². The minimum atomic E-state index is 1.12. The van der Waals surface area contributed by atoms with E-state index in [-0.39, 0.29) is 0 Å². The van der Waals surface area contributed by atoms with Crippen LogP contribution in [0, 0.1) is 0 Å². The number of hydrogen-bond donors (Lipinski definition) is 0. The summed E-state index contributed by atoms with van der Waals surface area (Å²) < 4.78 is 2.43. The highest BCUT2D eigenvalue weighted by atomic mass is 15.1. The highest BCUT2D eigenvalue weighted by Gasteiger charge is 2.18. The van der Waals surface area contributed by atoms with Gasteiger partial charge in [-0.15, -0.1) is 0 Å². The fourth-order valence-corrected chi connectivity index (χ4v) is 6.15. The molecule has 0 aliphatic carbocycles. The first-order chi connectivity index (χ1) is 20.8. The Morgan fingerprint density at radius 1 is 0.357 bits per heavy atom. The number of benzene rings is 7. The van der Waals surface area contributed by atoms with Gasteiger partial charge in [-0.1, -0.05) is 115 Å². The molecule has 0 N–H and O–H groups in total. The molecule has 0 saturated carbocycles. The van der Waals surface area contributed by atoms with Gasteiger partial charge in [0.05, 0.1) is 11.0 Å². The van der Waals surface area contributed by atoms with Crippen LogP contribution in [-0.4, -0.2) is 4.57 Å². The number of nitrogens with zero attached hydrogens (tertiary/aromatic N) is 2.